The lowest BCUT2D eigenvalue weighted by Crippen LogP contribution is -2.09. The van der Waals surface area contributed by atoms with Crippen molar-refractivity contribution in [2.24, 2.45) is 0 Å². The number of aryl methyl sites for hydroxylation is 1. The van der Waals surface area contributed by atoms with Crippen LogP contribution >= 0.6 is 11.3 Å². The molecule has 0 saturated carbocycles. The number of benzene rings is 3. The molecule has 6 heteroatoms. The van der Waals surface area contributed by atoms with Gasteiger partial charge in [0.05, 0.1) is 25.6 Å². The van der Waals surface area contributed by atoms with Gasteiger partial charge in [-0.2, -0.15) is 0 Å². The highest BCUT2D eigenvalue weighted by molar-refractivity contribution is 7.17. The highest BCUT2D eigenvalue weighted by Gasteiger charge is 2.15. The van der Waals surface area contributed by atoms with Gasteiger partial charge in [-0.3, -0.25) is 4.79 Å². The van der Waals surface area contributed by atoms with Crippen molar-refractivity contribution in [3.8, 4) is 34.5 Å². The molecule has 0 N–H and O–H groups in total. The number of hydrogen-bond acceptors (Lipinski definition) is 6. The summed E-state index contributed by atoms with van der Waals surface area (Å²) >= 11 is 1.74. The number of rotatable bonds is 12. The Balaban J connectivity index is 1.48. The lowest BCUT2D eigenvalue weighted by molar-refractivity contribution is -0.143. The van der Waals surface area contributed by atoms with E-state index in [1.807, 2.05) is 30.3 Å². The number of fused-ring (bicyclic) bond motifs is 1. The Hall–Kier alpha value is -3.79. The van der Waals surface area contributed by atoms with Crippen LogP contribution in [0.2, 0.25) is 0 Å². The first-order chi connectivity index (χ1) is 19.0. The normalized spacial score (nSPS) is 11.5. The molecule has 1 heterocycles. The zero-order chi connectivity index (χ0) is 27.6. The van der Waals surface area contributed by atoms with Crippen LogP contribution < -0.4 is 9.47 Å². The van der Waals surface area contributed by atoms with Crippen molar-refractivity contribution in [2.45, 2.75) is 39.7 Å². The molecule has 3 aromatic carbocycles. The van der Waals surface area contributed by atoms with E-state index >= 15 is 0 Å². The number of methoxy groups -OCH3 is 1. The zero-order valence-corrected chi connectivity index (χ0v) is 23.7. The van der Waals surface area contributed by atoms with Crippen LogP contribution in [0, 0.1) is 18.8 Å². The van der Waals surface area contributed by atoms with Gasteiger partial charge in [-0.15, -0.1) is 17.3 Å². The standard InChI is InChI=1S/C33H34O5S/c1-5-7-26(19-33(34)36-6-2)25-10-13-27(14-11-25)38-21-24-9-15-32-30(18-24)31(22-39-32)29-20-28(12-8-23(29)3)37-17-16-35-4/h8-15,18,20,22,26H,6,16-17,19,21H2,1-4H3/t26-/m0/s1. The fourth-order valence-electron chi connectivity index (χ4n) is 4.37. The Morgan fingerprint density at radius 2 is 1.74 bits per heavy atom. The largest absolute Gasteiger partial charge is 0.491 e. The summed E-state index contributed by atoms with van der Waals surface area (Å²) in [5.41, 5.74) is 5.62. The number of esters is 1. The van der Waals surface area contributed by atoms with Gasteiger partial charge in [0.25, 0.3) is 0 Å². The fraction of sp³-hybridized carbons (Fsp3) is 0.303. The third-order valence-electron chi connectivity index (χ3n) is 6.38. The van der Waals surface area contributed by atoms with E-state index in [1.54, 1.807) is 32.3 Å². The summed E-state index contributed by atoms with van der Waals surface area (Å²) in [6.45, 7) is 7.59. The lowest BCUT2D eigenvalue weighted by Gasteiger charge is -2.12. The molecule has 4 rings (SSSR count). The molecule has 1 atom stereocenters. The van der Waals surface area contributed by atoms with Crippen LogP contribution in [0.25, 0.3) is 21.2 Å². The average molecular weight is 543 g/mol. The molecule has 0 bridgehead atoms. The van der Waals surface area contributed by atoms with Gasteiger partial charge in [0.1, 0.15) is 24.7 Å². The third kappa shape index (κ3) is 7.41. The number of ether oxygens (including phenoxy) is 4. The molecular weight excluding hydrogens is 508 g/mol. The molecule has 0 amide bonds. The minimum absolute atomic E-state index is 0.199. The van der Waals surface area contributed by atoms with Gasteiger partial charge in [0.2, 0.25) is 0 Å². The zero-order valence-electron chi connectivity index (χ0n) is 22.9. The number of hydrogen-bond donors (Lipinski definition) is 0. The Morgan fingerprint density at radius 1 is 0.949 bits per heavy atom. The second kappa shape index (κ2) is 13.8. The fourth-order valence-corrected chi connectivity index (χ4v) is 5.32. The van der Waals surface area contributed by atoms with E-state index in [-0.39, 0.29) is 18.3 Å². The smallest absolute Gasteiger partial charge is 0.307 e. The number of thiophene rings is 1. The molecule has 0 spiro atoms. The summed E-state index contributed by atoms with van der Waals surface area (Å²) < 4.78 is 23.4. The van der Waals surface area contributed by atoms with Crippen molar-refractivity contribution in [3.05, 3.63) is 82.7 Å². The highest BCUT2D eigenvalue weighted by Crippen LogP contribution is 2.38. The average Bonchev–Trinajstić information content (AvgIpc) is 3.36. The van der Waals surface area contributed by atoms with Gasteiger partial charge in [0.15, 0.2) is 0 Å². The van der Waals surface area contributed by atoms with Crippen LogP contribution in [0.15, 0.2) is 66.0 Å². The molecule has 39 heavy (non-hydrogen) atoms. The molecule has 0 fully saturated rings. The van der Waals surface area contributed by atoms with Gasteiger partial charge in [-0.1, -0.05) is 30.2 Å². The van der Waals surface area contributed by atoms with E-state index in [4.69, 9.17) is 18.9 Å². The molecule has 0 aliphatic heterocycles. The van der Waals surface area contributed by atoms with Crippen LogP contribution in [-0.4, -0.2) is 32.9 Å². The van der Waals surface area contributed by atoms with Crippen LogP contribution in [0.4, 0.5) is 0 Å². The maximum atomic E-state index is 12.0. The summed E-state index contributed by atoms with van der Waals surface area (Å²) in [5.74, 6) is 7.20. The van der Waals surface area contributed by atoms with Crippen LogP contribution in [-0.2, 0) is 20.9 Å². The van der Waals surface area contributed by atoms with Crippen LogP contribution in [0.1, 0.15) is 42.9 Å². The first-order valence-corrected chi connectivity index (χ1v) is 13.9. The molecule has 0 unspecified atom stereocenters. The monoisotopic (exact) mass is 542 g/mol. The third-order valence-corrected chi connectivity index (χ3v) is 7.34. The first kappa shape index (κ1) is 28.2. The van der Waals surface area contributed by atoms with Gasteiger partial charge >= 0.3 is 5.97 Å². The summed E-state index contributed by atoms with van der Waals surface area (Å²) in [4.78, 5) is 12.0. The number of carbonyl (C=O) groups is 1. The van der Waals surface area contributed by atoms with Gasteiger partial charge in [-0.25, -0.2) is 0 Å². The van der Waals surface area contributed by atoms with Crippen molar-refractivity contribution in [1.82, 2.24) is 0 Å². The van der Waals surface area contributed by atoms with Crippen molar-refractivity contribution >= 4 is 27.4 Å². The predicted molar refractivity (Wildman–Crippen MR) is 158 cm³/mol. The molecule has 1 aromatic heterocycles. The van der Waals surface area contributed by atoms with E-state index in [0.717, 1.165) is 28.2 Å². The Morgan fingerprint density at radius 3 is 2.49 bits per heavy atom. The van der Waals surface area contributed by atoms with Crippen molar-refractivity contribution in [1.29, 1.82) is 0 Å². The minimum Gasteiger partial charge on any atom is -0.491 e. The summed E-state index contributed by atoms with van der Waals surface area (Å²) in [6.07, 6.45) is 0.236. The maximum absolute atomic E-state index is 12.0. The summed E-state index contributed by atoms with van der Waals surface area (Å²) in [6, 6.07) is 20.5. The van der Waals surface area contributed by atoms with Crippen LogP contribution in [0.5, 0.6) is 11.5 Å². The highest BCUT2D eigenvalue weighted by atomic mass is 32.1. The van der Waals surface area contributed by atoms with Gasteiger partial charge < -0.3 is 18.9 Å². The molecule has 0 aliphatic carbocycles. The topological polar surface area (TPSA) is 54.0 Å². The van der Waals surface area contributed by atoms with Gasteiger partial charge in [-0.05, 0) is 84.8 Å². The maximum Gasteiger partial charge on any atom is 0.307 e. The van der Waals surface area contributed by atoms with E-state index < -0.39 is 0 Å². The van der Waals surface area contributed by atoms with Gasteiger partial charge in [0, 0.05) is 22.8 Å². The Kier molecular flexibility index (Phi) is 10.0. The molecule has 5 nitrogen and oxygen atoms in total. The van der Waals surface area contributed by atoms with Crippen molar-refractivity contribution in [3.63, 3.8) is 0 Å². The van der Waals surface area contributed by atoms with E-state index in [1.165, 1.54) is 21.2 Å². The molecular formula is C33H34O5S. The molecule has 202 valence electrons. The lowest BCUT2D eigenvalue weighted by atomic mass is 9.96. The van der Waals surface area contributed by atoms with E-state index in [0.29, 0.717) is 26.4 Å². The molecule has 4 aromatic rings. The first-order valence-electron chi connectivity index (χ1n) is 13.1. The van der Waals surface area contributed by atoms with Crippen molar-refractivity contribution < 1.29 is 23.7 Å². The predicted octanol–water partition coefficient (Wildman–Crippen LogP) is 7.54. The second-order valence-electron chi connectivity index (χ2n) is 9.11. The minimum atomic E-state index is -0.241. The molecule has 0 aliphatic rings. The van der Waals surface area contributed by atoms with Crippen molar-refractivity contribution in [2.75, 3.05) is 26.9 Å². The molecule has 0 radical (unpaired) electrons. The SMILES string of the molecule is CC#C[C@@H](CC(=O)OCC)c1ccc(OCc2ccc3scc(-c4cc(OCCOC)ccc4C)c3c2)cc1. The summed E-state index contributed by atoms with van der Waals surface area (Å²) in [5, 5.41) is 3.41. The van der Waals surface area contributed by atoms with E-state index in [9.17, 15) is 4.79 Å². The summed E-state index contributed by atoms with van der Waals surface area (Å²) in [7, 11) is 1.67. The molecule has 0 saturated heterocycles. The Labute approximate surface area is 234 Å². The van der Waals surface area contributed by atoms with E-state index in [2.05, 4.69) is 54.5 Å². The second-order valence-corrected chi connectivity index (χ2v) is 10.0. The van der Waals surface area contributed by atoms with Crippen LogP contribution in [0.3, 0.4) is 0 Å². The Bertz CT molecular complexity index is 1460. The quantitative estimate of drug-likeness (QED) is 0.105. The number of carbonyl (C=O) groups excluding carboxylic acids is 1.